The number of nitrogens with zero attached hydrogens (tertiary/aromatic N) is 2. The molecule has 106 valence electrons. The topological polar surface area (TPSA) is 46.9 Å². The number of hydrogen-bond acceptors (Lipinski definition) is 3. The van der Waals surface area contributed by atoms with Crippen molar-refractivity contribution in [2.75, 3.05) is 11.9 Å². The van der Waals surface area contributed by atoms with Crippen molar-refractivity contribution in [3.8, 4) is 0 Å². The molecule has 1 heterocycles. The Balaban J connectivity index is 2.22. The van der Waals surface area contributed by atoms with Crippen LogP contribution in [-0.4, -0.2) is 16.3 Å². The Morgan fingerprint density at radius 2 is 2.15 bits per heavy atom. The third-order valence-corrected chi connectivity index (χ3v) is 2.80. The van der Waals surface area contributed by atoms with Crippen molar-refractivity contribution in [3.05, 3.63) is 58.0 Å². The van der Waals surface area contributed by atoms with Crippen LogP contribution in [0.2, 0.25) is 0 Å². The molecule has 1 N–H and O–H groups in total. The SMILES string of the molecule is CCCNc1cnn(Cc2cccc(F)c2F)c(=O)c1. The van der Waals surface area contributed by atoms with E-state index in [0.29, 0.717) is 5.69 Å². The summed E-state index contributed by atoms with van der Waals surface area (Å²) < 4.78 is 27.7. The number of nitrogens with one attached hydrogen (secondary N) is 1. The van der Waals surface area contributed by atoms with Gasteiger partial charge in [0.2, 0.25) is 0 Å². The molecule has 0 aliphatic rings. The first-order valence-electron chi connectivity index (χ1n) is 6.35. The Morgan fingerprint density at radius 1 is 1.35 bits per heavy atom. The first-order chi connectivity index (χ1) is 9.61. The number of anilines is 1. The standard InChI is InChI=1S/C14H15F2N3O/c1-2-6-17-11-7-13(20)19(18-8-11)9-10-4-3-5-12(15)14(10)16/h3-5,7-8,17H,2,6,9H2,1H3. The third-order valence-electron chi connectivity index (χ3n) is 2.80. The molecule has 1 aromatic carbocycles. The lowest BCUT2D eigenvalue weighted by atomic mass is 10.2. The van der Waals surface area contributed by atoms with Gasteiger partial charge in [-0.3, -0.25) is 4.79 Å². The second-order valence-corrected chi connectivity index (χ2v) is 4.38. The van der Waals surface area contributed by atoms with Crippen molar-refractivity contribution in [2.45, 2.75) is 19.9 Å². The minimum absolute atomic E-state index is 0.0915. The van der Waals surface area contributed by atoms with Gasteiger partial charge in [-0.05, 0) is 12.5 Å². The molecule has 6 heteroatoms. The number of rotatable bonds is 5. The molecule has 0 atom stereocenters. The van der Waals surface area contributed by atoms with Crippen molar-refractivity contribution in [3.63, 3.8) is 0 Å². The molecule has 0 saturated carbocycles. The van der Waals surface area contributed by atoms with E-state index in [1.54, 1.807) is 0 Å². The minimum Gasteiger partial charge on any atom is -0.384 e. The monoisotopic (exact) mass is 279 g/mol. The van der Waals surface area contributed by atoms with Gasteiger partial charge in [0.25, 0.3) is 5.56 Å². The maximum atomic E-state index is 13.5. The van der Waals surface area contributed by atoms with Crippen LogP contribution in [0, 0.1) is 11.6 Å². The van der Waals surface area contributed by atoms with E-state index >= 15 is 0 Å². The highest BCUT2D eigenvalue weighted by Crippen LogP contribution is 2.12. The van der Waals surface area contributed by atoms with Gasteiger partial charge in [0.05, 0.1) is 18.4 Å². The predicted molar refractivity (Wildman–Crippen MR) is 72.7 cm³/mol. The Bertz CT molecular complexity index is 655. The molecule has 0 saturated heterocycles. The molecule has 0 unspecified atom stereocenters. The van der Waals surface area contributed by atoms with E-state index in [-0.39, 0.29) is 17.7 Å². The molecule has 0 bridgehead atoms. The summed E-state index contributed by atoms with van der Waals surface area (Å²) in [5, 5.41) is 6.99. The lowest BCUT2D eigenvalue weighted by Gasteiger charge is -2.08. The molecule has 0 fully saturated rings. The average Bonchev–Trinajstić information content (AvgIpc) is 2.44. The Labute approximate surface area is 115 Å². The van der Waals surface area contributed by atoms with E-state index in [2.05, 4.69) is 10.4 Å². The van der Waals surface area contributed by atoms with Crippen LogP contribution in [-0.2, 0) is 6.54 Å². The zero-order chi connectivity index (χ0) is 14.5. The van der Waals surface area contributed by atoms with E-state index in [4.69, 9.17) is 0 Å². The molecule has 0 aliphatic carbocycles. The molecule has 2 aromatic rings. The van der Waals surface area contributed by atoms with Crippen LogP contribution in [0.25, 0.3) is 0 Å². The first kappa shape index (κ1) is 14.2. The molecule has 0 aliphatic heterocycles. The van der Waals surface area contributed by atoms with Crippen LogP contribution in [0.1, 0.15) is 18.9 Å². The van der Waals surface area contributed by atoms with Crippen molar-refractivity contribution >= 4 is 5.69 Å². The van der Waals surface area contributed by atoms with Gasteiger partial charge < -0.3 is 5.32 Å². The molecular formula is C14H15F2N3O. The minimum atomic E-state index is -0.950. The normalized spacial score (nSPS) is 10.6. The summed E-state index contributed by atoms with van der Waals surface area (Å²) in [7, 11) is 0. The zero-order valence-electron chi connectivity index (χ0n) is 11.1. The third kappa shape index (κ3) is 3.20. The van der Waals surface area contributed by atoms with Gasteiger partial charge in [-0.1, -0.05) is 19.1 Å². The lowest BCUT2D eigenvalue weighted by molar-refractivity contribution is 0.489. The van der Waals surface area contributed by atoms with Crippen molar-refractivity contribution < 1.29 is 8.78 Å². The van der Waals surface area contributed by atoms with E-state index in [9.17, 15) is 13.6 Å². The number of benzene rings is 1. The molecule has 1 aromatic heterocycles. The van der Waals surface area contributed by atoms with Crippen LogP contribution < -0.4 is 10.9 Å². The molecule has 4 nitrogen and oxygen atoms in total. The molecular weight excluding hydrogens is 264 g/mol. The second kappa shape index (κ2) is 6.27. The fraction of sp³-hybridized carbons (Fsp3) is 0.286. The molecule has 20 heavy (non-hydrogen) atoms. The summed E-state index contributed by atoms with van der Waals surface area (Å²) in [6.45, 7) is 2.65. The summed E-state index contributed by atoms with van der Waals surface area (Å²) in [5.41, 5.74) is 0.344. The van der Waals surface area contributed by atoms with Gasteiger partial charge in [-0.15, -0.1) is 0 Å². The molecule has 0 radical (unpaired) electrons. The van der Waals surface area contributed by atoms with Crippen molar-refractivity contribution in [1.82, 2.24) is 9.78 Å². The lowest BCUT2D eigenvalue weighted by Crippen LogP contribution is -2.23. The summed E-state index contributed by atoms with van der Waals surface area (Å²) >= 11 is 0. The highest BCUT2D eigenvalue weighted by Gasteiger charge is 2.09. The highest BCUT2D eigenvalue weighted by molar-refractivity contribution is 5.38. The summed E-state index contributed by atoms with van der Waals surface area (Å²) in [6.07, 6.45) is 2.42. The van der Waals surface area contributed by atoms with E-state index in [0.717, 1.165) is 23.7 Å². The zero-order valence-corrected chi connectivity index (χ0v) is 11.1. The van der Waals surface area contributed by atoms with Crippen LogP contribution >= 0.6 is 0 Å². The second-order valence-electron chi connectivity index (χ2n) is 4.38. The van der Waals surface area contributed by atoms with Crippen molar-refractivity contribution in [1.29, 1.82) is 0 Å². The van der Waals surface area contributed by atoms with Gasteiger partial charge >= 0.3 is 0 Å². The van der Waals surface area contributed by atoms with Crippen molar-refractivity contribution in [2.24, 2.45) is 0 Å². The van der Waals surface area contributed by atoms with Gasteiger partial charge in [-0.25, -0.2) is 13.5 Å². The summed E-state index contributed by atoms with van der Waals surface area (Å²) in [4.78, 5) is 11.8. The van der Waals surface area contributed by atoms with E-state index in [1.807, 2.05) is 6.92 Å². The summed E-state index contributed by atoms with van der Waals surface area (Å²) in [6, 6.07) is 5.25. The fourth-order valence-electron chi connectivity index (χ4n) is 1.75. The van der Waals surface area contributed by atoms with E-state index in [1.165, 1.54) is 24.4 Å². The first-order valence-corrected chi connectivity index (χ1v) is 6.35. The number of aromatic nitrogens is 2. The maximum absolute atomic E-state index is 13.5. The largest absolute Gasteiger partial charge is 0.384 e. The predicted octanol–water partition coefficient (Wildman–Crippen LogP) is 2.39. The Kier molecular flexibility index (Phi) is 4.45. The van der Waals surface area contributed by atoms with E-state index < -0.39 is 11.6 Å². The fourth-order valence-corrected chi connectivity index (χ4v) is 1.75. The Morgan fingerprint density at radius 3 is 2.85 bits per heavy atom. The average molecular weight is 279 g/mol. The molecule has 2 rings (SSSR count). The van der Waals surface area contributed by atoms with Crippen LogP contribution in [0.5, 0.6) is 0 Å². The summed E-state index contributed by atoms with van der Waals surface area (Å²) in [5.74, 6) is -1.88. The van der Waals surface area contributed by atoms with Gasteiger partial charge in [0.1, 0.15) is 0 Å². The number of halogens is 2. The van der Waals surface area contributed by atoms with Crippen LogP contribution in [0.4, 0.5) is 14.5 Å². The Hall–Kier alpha value is -2.24. The smallest absolute Gasteiger partial charge is 0.269 e. The van der Waals surface area contributed by atoms with Gasteiger partial charge in [0, 0.05) is 18.2 Å². The quantitative estimate of drug-likeness (QED) is 0.914. The van der Waals surface area contributed by atoms with Crippen LogP contribution in [0.3, 0.4) is 0 Å². The highest BCUT2D eigenvalue weighted by atomic mass is 19.2. The van der Waals surface area contributed by atoms with Gasteiger partial charge in [0.15, 0.2) is 11.6 Å². The molecule has 0 amide bonds. The van der Waals surface area contributed by atoms with Gasteiger partial charge in [-0.2, -0.15) is 5.10 Å². The maximum Gasteiger partial charge on any atom is 0.269 e. The molecule has 0 spiro atoms. The van der Waals surface area contributed by atoms with Crippen LogP contribution in [0.15, 0.2) is 35.3 Å². The number of hydrogen-bond donors (Lipinski definition) is 1.